The molecule has 244 valence electrons. The number of rotatable bonds is 9. The molecule has 0 aliphatic carbocycles. The number of piperidine rings is 1. The maximum absolute atomic E-state index is 14.1. The van der Waals surface area contributed by atoms with Crippen molar-refractivity contribution in [1.82, 2.24) is 24.9 Å². The van der Waals surface area contributed by atoms with Crippen molar-refractivity contribution in [3.8, 4) is 0 Å². The largest absolute Gasteiger partial charge is 0.378 e. The highest BCUT2D eigenvalue weighted by Crippen LogP contribution is 2.27. The van der Waals surface area contributed by atoms with Gasteiger partial charge >= 0.3 is 0 Å². The number of carbonyl (C=O) groups excluding carboxylic acids is 4. The van der Waals surface area contributed by atoms with E-state index in [0.717, 1.165) is 32.2 Å². The number of ether oxygens (including phenoxy) is 1. The van der Waals surface area contributed by atoms with E-state index in [0.29, 0.717) is 44.8 Å². The van der Waals surface area contributed by atoms with Crippen LogP contribution in [0.3, 0.4) is 0 Å². The zero-order chi connectivity index (χ0) is 32.1. The minimum absolute atomic E-state index is 0.00702. The van der Waals surface area contributed by atoms with E-state index >= 15 is 0 Å². The molecule has 4 atom stereocenters. The number of nitrogens with one attached hydrogen (secondary N) is 1. The lowest BCUT2D eigenvalue weighted by Crippen LogP contribution is -2.60. The predicted octanol–water partition coefficient (Wildman–Crippen LogP) is 3.06. The van der Waals surface area contributed by atoms with Crippen molar-refractivity contribution in [2.45, 2.75) is 118 Å². The Hall–Kier alpha value is -2.46. The van der Waals surface area contributed by atoms with Gasteiger partial charge < -0.3 is 24.8 Å². The zero-order valence-corrected chi connectivity index (χ0v) is 28.1. The van der Waals surface area contributed by atoms with Gasteiger partial charge in [-0.2, -0.15) is 0 Å². The van der Waals surface area contributed by atoms with E-state index in [-0.39, 0.29) is 47.7 Å². The molecule has 4 amide bonds. The van der Waals surface area contributed by atoms with Gasteiger partial charge in [0.1, 0.15) is 12.1 Å². The van der Waals surface area contributed by atoms with Gasteiger partial charge in [0.05, 0.1) is 25.3 Å². The lowest BCUT2D eigenvalue weighted by molar-refractivity contribution is -0.145. The fourth-order valence-electron chi connectivity index (χ4n) is 6.66. The van der Waals surface area contributed by atoms with Crippen LogP contribution in [0.4, 0.5) is 0 Å². The number of nitrogens with zero attached hydrogens (tertiary/aromatic N) is 4. The Labute approximate surface area is 259 Å². The zero-order valence-electron chi connectivity index (χ0n) is 28.1. The van der Waals surface area contributed by atoms with Crippen LogP contribution < -0.4 is 5.32 Å². The molecule has 0 spiro atoms. The van der Waals surface area contributed by atoms with E-state index < -0.39 is 17.5 Å². The summed E-state index contributed by atoms with van der Waals surface area (Å²) in [6, 6.07) is -1.54. The van der Waals surface area contributed by atoms with Gasteiger partial charge in [0, 0.05) is 38.3 Å². The molecule has 0 radical (unpaired) electrons. The van der Waals surface area contributed by atoms with Gasteiger partial charge in [-0.3, -0.25) is 24.1 Å². The third-order valence-corrected chi connectivity index (χ3v) is 9.27. The fraction of sp³-hybridized carbons (Fsp3) is 0.818. The first-order valence-electron chi connectivity index (χ1n) is 16.3. The molecule has 10 nitrogen and oxygen atoms in total. The van der Waals surface area contributed by atoms with Gasteiger partial charge in [-0.1, -0.05) is 47.1 Å². The van der Waals surface area contributed by atoms with Crippen LogP contribution in [0.25, 0.3) is 0 Å². The maximum atomic E-state index is 14.1. The molecular formula is C33H57N5O5. The average Bonchev–Trinajstić information content (AvgIpc) is 3.46. The molecule has 0 aromatic rings. The van der Waals surface area contributed by atoms with Gasteiger partial charge in [0.25, 0.3) is 0 Å². The molecule has 3 rings (SSSR count). The monoisotopic (exact) mass is 603 g/mol. The summed E-state index contributed by atoms with van der Waals surface area (Å²) < 4.78 is 5.40. The molecule has 0 bridgehead atoms. The Morgan fingerprint density at radius 1 is 0.907 bits per heavy atom. The second kappa shape index (κ2) is 15.0. The van der Waals surface area contributed by atoms with E-state index in [1.807, 2.05) is 40.7 Å². The number of amides is 4. The molecule has 43 heavy (non-hydrogen) atoms. The standard InChI is InChI=1S/C33H57N5O5/c1-22(2)27(21-24(5)30(40)38-16-12-14-26(38)31(41)36-17-19-43-20-18-36)35(9)32(42)28(33(6,7)8)34-29(39)25-13-10-11-15-37(25)23(3)4/h21-23,25-28H,10-20H2,1-9H3,(H,34,39)/b24-21+/t25-,26+,27?,28-/m1/s1. The summed E-state index contributed by atoms with van der Waals surface area (Å²) in [6.45, 7) is 19.5. The summed E-state index contributed by atoms with van der Waals surface area (Å²) in [6.07, 6.45) is 6.17. The van der Waals surface area contributed by atoms with Crippen LogP contribution in [0.1, 0.15) is 87.5 Å². The highest BCUT2D eigenvalue weighted by molar-refractivity contribution is 5.97. The Morgan fingerprint density at radius 2 is 1.53 bits per heavy atom. The summed E-state index contributed by atoms with van der Waals surface area (Å²) in [4.78, 5) is 62.1. The molecule has 3 fully saturated rings. The summed E-state index contributed by atoms with van der Waals surface area (Å²) in [5.41, 5.74) is 0.00279. The topological polar surface area (TPSA) is 102 Å². The average molecular weight is 604 g/mol. The molecule has 3 heterocycles. The lowest BCUT2D eigenvalue weighted by atomic mass is 9.84. The second-order valence-electron chi connectivity index (χ2n) is 14.3. The van der Waals surface area contributed by atoms with Crippen LogP contribution in [0.15, 0.2) is 11.6 Å². The Bertz CT molecular complexity index is 1030. The van der Waals surface area contributed by atoms with Gasteiger partial charge in [-0.05, 0) is 64.3 Å². The third-order valence-electron chi connectivity index (χ3n) is 9.27. The molecule has 10 heteroatoms. The van der Waals surface area contributed by atoms with Crippen molar-refractivity contribution in [1.29, 1.82) is 0 Å². The first kappa shape index (κ1) is 35.0. The predicted molar refractivity (Wildman–Crippen MR) is 168 cm³/mol. The number of hydrogen-bond acceptors (Lipinski definition) is 6. The SMILES string of the molecule is C/C(=C\C(C(C)C)N(C)C(=O)[C@@H](NC(=O)[C@H]1CCCCN1C(C)C)C(C)(C)C)C(=O)N1CCC[C@H]1C(=O)N1CCOCC1. The van der Waals surface area contributed by atoms with Crippen LogP contribution in [0.2, 0.25) is 0 Å². The van der Waals surface area contributed by atoms with Crippen molar-refractivity contribution in [3.63, 3.8) is 0 Å². The highest BCUT2D eigenvalue weighted by Gasteiger charge is 2.41. The van der Waals surface area contributed by atoms with Crippen LogP contribution in [-0.2, 0) is 23.9 Å². The van der Waals surface area contributed by atoms with Crippen molar-refractivity contribution in [2.75, 3.05) is 46.4 Å². The molecule has 1 N–H and O–H groups in total. The van der Waals surface area contributed by atoms with E-state index in [2.05, 4.69) is 24.1 Å². The minimum Gasteiger partial charge on any atom is -0.378 e. The molecule has 1 unspecified atom stereocenters. The quantitative estimate of drug-likeness (QED) is 0.407. The first-order valence-corrected chi connectivity index (χ1v) is 16.3. The molecule has 3 aliphatic rings. The Balaban J connectivity index is 1.77. The third kappa shape index (κ3) is 8.59. The molecule has 0 aromatic heterocycles. The van der Waals surface area contributed by atoms with Crippen molar-refractivity contribution in [3.05, 3.63) is 11.6 Å². The summed E-state index contributed by atoms with van der Waals surface area (Å²) >= 11 is 0. The molecule has 3 aliphatic heterocycles. The van der Waals surface area contributed by atoms with E-state index in [1.54, 1.807) is 28.7 Å². The lowest BCUT2D eigenvalue weighted by Gasteiger charge is -2.41. The second-order valence-corrected chi connectivity index (χ2v) is 14.3. The number of hydrogen-bond donors (Lipinski definition) is 1. The molecule has 0 saturated carbocycles. The van der Waals surface area contributed by atoms with Crippen LogP contribution >= 0.6 is 0 Å². The molecule has 3 saturated heterocycles. The van der Waals surface area contributed by atoms with Gasteiger partial charge in [-0.25, -0.2) is 0 Å². The van der Waals surface area contributed by atoms with Crippen LogP contribution in [-0.4, -0.2) is 120 Å². The highest BCUT2D eigenvalue weighted by atomic mass is 16.5. The van der Waals surface area contributed by atoms with Gasteiger partial charge in [-0.15, -0.1) is 0 Å². The van der Waals surface area contributed by atoms with Crippen LogP contribution in [0.5, 0.6) is 0 Å². The smallest absolute Gasteiger partial charge is 0.249 e. The fourth-order valence-corrected chi connectivity index (χ4v) is 6.66. The van der Waals surface area contributed by atoms with Gasteiger partial charge in [0.15, 0.2) is 0 Å². The molecular weight excluding hydrogens is 546 g/mol. The summed E-state index contributed by atoms with van der Waals surface area (Å²) in [5.74, 6) is -0.422. The van der Waals surface area contributed by atoms with Crippen molar-refractivity contribution < 1.29 is 23.9 Å². The van der Waals surface area contributed by atoms with E-state index in [1.165, 1.54) is 0 Å². The Morgan fingerprint density at radius 3 is 2.12 bits per heavy atom. The minimum atomic E-state index is -0.722. The summed E-state index contributed by atoms with van der Waals surface area (Å²) in [7, 11) is 1.76. The first-order chi connectivity index (χ1) is 20.1. The van der Waals surface area contributed by atoms with Gasteiger partial charge in [0.2, 0.25) is 23.6 Å². The van der Waals surface area contributed by atoms with Crippen molar-refractivity contribution >= 4 is 23.6 Å². The number of morpholine rings is 1. The molecule has 0 aromatic carbocycles. The Kier molecular flexibility index (Phi) is 12.2. The van der Waals surface area contributed by atoms with Crippen molar-refractivity contribution in [2.24, 2.45) is 11.3 Å². The van der Waals surface area contributed by atoms with E-state index in [4.69, 9.17) is 4.74 Å². The number of likely N-dealkylation sites (N-methyl/N-ethyl adjacent to an activating group) is 1. The van der Waals surface area contributed by atoms with E-state index in [9.17, 15) is 19.2 Å². The summed E-state index contributed by atoms with van der Waals surface area (Å²) in [5, 5.41) is 3.14. The normalized spacial score (nSPS) is 23.8. The number of carbonyl (C=O) groups is 4. The maximum Gasteiger partial charge on any atom is 0.249 e. The number of likely N-dealkylation sites (tertiary alicyclic amines) is 2. The van der Waals surface area contributed by atoms with Crippen LogP contribution in [0, 0.1) is 11.3 Å².